The summed E-state index contributed by atoms with van der Waals surface area (Å²) >= 11 is 0. The molecule has 174 valence electrons. The lowest BCUT2D eigenvalue weighted by atomic mass is 10.0. The van der Waals surface area contributed by atoms with Crippen LogP contribution in [0.15, 0.2) is 0 Å². The van der Waals surface area contributed by atoms with E-state index in [1.165, 1.54) is 122 Å². The Bertz CT molecular complexity index is 326. The summed E-state index contributed by atoms with van der Waals surface area (Å²) in [5.74, 6) is 0.100. The van der Waals surface area contributed by atoms with Gasteiger partial charge in [0.05, 0.1) is 12.5 Å². The molecule has 0 aromatic rings. The molecule has 2 nitrogen and oxygen atoms in total. The highest BCUT2D eigenvalue weighted by molar-refractivity contribution is 5.71. The third-order valence-electron chi connectivity index (χ3n) is 6.14. The summed E-state index contributed by atoms with van der Waals surface area (Å²) in [6, 6.07) is 0. The number of carbonyl (C=O) groups excluding carboxylic acids is 1. The van der Waals surface area contributed by atoms with Gasteiger partial charge in [-0.1, -0.05) is 143 Å². The summed E-state index contributed by atoms with van der Waals surface area (Å²) in [5.41, 5.74) is 0. The van der Waals surface area contributed by atoms with E-state index in [-0.39, 0.29) is 11.9 Å². The van der Waals surface area contributed by atoms with E-state index < -0.39 is 0 Å². The van der Waals surface area contributed by atoms with Crippen LogP contribution in [0.4, 0.5) is 0 Å². The molecule has 1 atom stereocenters. The highest BCUT2D eigenvalue weighted by atomic mass is 16.5. The number of hydrogen-bond donors (Lipinski definition) is 0. The van der Waals surface area contributed by atoms with Crippen molar-refractivity contribution < 1.29 is 9.53 Å². The first-order chi connectivity index (χ1) is 14.2. The van der Waals surface area contributed by atoms with Gasteiger partial charge in [0, 0.05) is 0 Å². The van der Waals surface area contributed by atoms with E-state index in [0.717, 1.165) is 12.8 Å². The summed E-state index contributed by atoms with van der Waals surface area (Å²) < 4.78 is 5.48. The van der Waals surface area contributed by atoms with Crippen molar-refractivity contribution >= 4 is 5.97 Å². The van der Waals surface area contributed by atoms with Gasteiger partial charge in [-0.25, -0.2) is 0 Å². The lowest BCUT2D eigenvalue weighted by Crippen LogP contribution is -2.15. The Balaban J connectivity index is 3.29. The Morgan fingerprint density at radius 3 is 1.31 bits per heavy atom. The Kier molecular flexibility index (Phi) is 23.3. The van der Waals surface area contributed by atoms with Crippen molar-refractivity contribution in [1.29, 1.82) is 0 Å². The Morgan fingerprint density at radius 2 is 0.897 bits per heavy atom. The molecule has 0 N–H and O–H groups in total. The molecular weight excluding hydrogens is 356 g/mol. The Hall–Kier alpha value is -0.530. The van der Waals surface area contributed by atoms with Gasteiger partial charge >= 0.3 is 5.97 Å². The summed E-state index contributed by atoms with van der Waals surface area (Å²) in [4.78, 5) is 12.1. The standard InChI is InChI=1S/C27H54O2/c1-4-6-8-10-12-14-15-16-17-19-21-23-25-29-27(28)26(3)24-22-20-18-13-11-9-7-5-2/h26H,4-25H2,1-3H3. The zero-order valence-electron chi connectivity index (χ0n) is 20.5. The van der Waals surface area contributed by atoms with Crippen LogP contribution in [0.3, 0.4) is 0 Å². The lowest BCUT2D eigenvalue weighted by molar-refractivity contribution is -0.148. The van der Waals surface area contributed by atoms with Gasteiger partial charge in [0.25, 0.3) is 0 Å². The average molecular weight is 411 g/mol. The largest absolute Gasteiger partial charge is 0.465 e. The van der Waals surface area contributed by atoms with Gasteiger partial charge in [0.15, 0.2) is 0 Å². The molecule has 0 saturated heterocycles. The predicted octanol–water partition coefficient (Wildman–Crippen LogP) is 9.40. The van der Waals surface area contributed by atoms with Crippen LogP contribution in [-0.4, -0.2) is 12.6 Å². The fourth-order valence-corrected chi connectivity index (χ4v) is 3.96. The van der Waals surface area contributed by atoms with Crippen LogP contribution >= 0.6 is 0 Å². The van der Waals surface area contributed by atoms with E-state index in [4.69, 9.17) is 4.74 Å². The van der Waals surface area contributed by atoms with Gasteiger partial charge in [0.2, 0.25) is 0 Å². The molecule has 1 unspecified atom stereocenters. The van der Waals surface area contributed by atoms with Gasteiger partial charge in [-0.3, -0.25) is 4.79 Å². The molecule has 29 heavy (non-hydrogen) atoms. The second kappa shape index (κ2) is 23.7. The van der Waals surface area contributed by atoms with E-state index in [1.807, 2.05) is 6.92 Å². The van der Waals surface area contributed by atoms with Crippen LogP contribution in [0.1, 0.15) is 156 Å². The van der Waals surface area contributed by atoms with Crippen LogP contribution in [0.25, 0.3) is 0 Å². The zero-order valence-corrected chi connectivity index (χ0v) is 20.5. The van der Waals surface area contributed by atoms with Gasteiger partial charge in [-0.05, 0) is 12.8 Å². The molecule has 0 aliphatic rings. The highest BCUT2D eigenvalue weighted by Crippen LogP contribution is 2.15. The van der Waals surface area contributed by atoms with Crippen molar-refractivity contribution in [1.82, 2.24) is 0 Å². The fraction of sp³-hybridized carbons (Fsp3) is 0.963. The minimum Gasteiger partial charge on any atom is -0.465 e. The third-order valence-corrected chi connectivity index (χ3v) is 6.14. The van der Waals surface area contributed by atoms with Crippen LogP contribution in [0.5, 0.6) is 0 Å². The summed E-state index contributed by atoms with van der Waals surface area (Å²) in [6.45, 7) is 7.20. The molecule has 0 bridgehead atoms. The summed E-state index contributed by atoms with van der Waals surface area (Å²) in [7, 11) is 0. The van der Waals surface area contributed by atoms with Crippen molar-refractivity contribution in [2.24, 2.45) is 5.92 Å². The fourth-order valence-electron chi connectivity index (χ4n) is 3.96. The molecule has 0 spiro atoms. The number of unbranched alkanes of at least 4 members (excludes halogenated alkanes) is 18. The normalized spacial score (nSPS) is 12.2. The monoisotopic (exact) mass is 410 g/mol. The first kappa shape index (κ1) is 28.5. The molecule has 0 heterocycles. The number of ether oxygens (including phenoxy) is 1. The number of esters is 1. The van der Waals surface area contributed by atoms with Crippen LogP contribution < -0.4 is 0 Å². The molecule has 0 aromatic heterocycles. The number of rotatable bonds is 23. The van der Waals surface area contributed by atoms with Crippen molar-refractivity contribution in [3.8, 4) is 0 Å². The number of hydrogen-bond acceptors (Lipinski definition) is 2. The van der Waals surface area contributed by atoms with Crippen LogP contribution in [-0.2, 0) is 9.53 Å². The third kappa shape index (κ3) is 22.0. The molecule has 2 heteroatoms. The van der Waals surface area contributed by atoms with Crippen LogP contribution in [0.2, 0.25) is 0 Å². The first-order valence-corrected chi connectivity index (χ1v) is 13.4. The van der Waals surface area contributed by atoms with E-state index in [0.29, 0.717) is 6.61 Å². The molecule has 0 amide bonds. The second-order valence-electron chi connectivity index (χ2n) is 9.22. The topological polar surface area (TPSA) is 26.3 Å². The average Bonchev–Trinajstić information content (AvgIpc) is 2.73. The van der Waals surface area contributed by atoms with Gasteiger partial charge in [-0.2, -0.15) is 0 Å². The van der Waals surface area contributed by atoms with E-state index in [1.54, 1.807) is 0 Å². The molecular formula is C27H54O2. The molecule has 0 aliphatic heterocycles. The maximum Gasteiger partial charge on any atom is 0.308 e. The van der Waals surface area contributed by atoms with Crippen molar-refractivity contribution in [2.75, 3.05) is 6.61 Å². The molecule has 0 radical (unpaired) electrons. The molecule has 0 saturated carbocycles. The maximum absolute atomic E-state index is 12.1. The smallest absolute Gasteiger partial charge is 0.308 e. The Morgan fingerprint density at radius 1 is 0.552 bits per heavy atom. The molecule has 0 fully saturated rings. The van der Waals surface area contributed by atoms with Gasteiger partial charge < -0.3 is 4.74 Å². The quantitative estimate of drug-likeness (QED) is 0.124. The van der Waals surface area contributed by atoms with Crippen LogP contribution in [0, 0.1) is 5.92 Å². The second-order valence-corrected chi connectivity index (χ2v) is 9.22. The van der Waals surface area contributed by atoms with Crippen molar-refractivity contribution in [3.05, 3.63) is 0 Å². The van der Waals surface area contributed by atoms with Gasteiger partial charge in [-0.15, -0.1) is 0 Å². The SMILES string of the molecule is CCCCCCCCCCCCCCOC(=O)C(C)CCCCCCCCCC. The van der Waals surface area contributed by atoms with E-state index in [9.17, 15) is 4.79 Å². The molecule has 0 aliphatic carbocycles. The van der Waals surface area contributed by atoms with Crippen molar-refractivity contribution in [2.45, 2.75) is 156 Å². The minimum absolute atomic E-state index is 0.0241. The Labute approximate surface area is 184 Å². The highest BCUT2D eigenvalue weighted by Gasteiger charge is 2.13. The molecule has 0 rings (SSSR count). The summed E-state index contributed by atoms with van der Waals surface area (Å²) in [5, 5.41) is 0. The number of carbonyl (C=O) groups is 1. The first-order valence-electron chi connectivity index (χ1n) is 13.4. The lowest BCUT2D eigenvalue weighted by Gasteiger charge is -2.11. The minimum atomic E-state index is 0.0241. The molecule has 0 aromatic carbocycles. The van der Waals surface area contributed by atoms with E-state index in [2.05, 4.69) is 13.8 Å². The van der Waals surface area contributed by atoms with Gasteiger partial charge in [0.1, 0.15) is 0 Å². The maximum atomic E-state index is 12.1. The van der Waals surface area contributed by atoms with E-state index >= 15 is 0 Å². The zero-order chi connectivity index (χ0) is 21.4. The van der Waals surface area contributed by atoms with Crippen molar-refractivity contribution in [3.63, 3.8) is 0 Å². The predicted molar refractivity (Wildman–Crippen MR) is 128 cm³/mol. The summed E-state index contributed by atoms with van der Waals surface area (Å²) in [6.07, 6.45) is 27.7.